The van der Waals surface area contributed by atoms with E-state index in [0.29, 0.717) is 17.4 Å². The Bertz CT molecular complexity index is 582. The summed E-state index contributed by atoms with van der Waals surface area (Å²) < 4.78 is 5.18. The predicted octanol–water partition coefficient (Wildman–Crippen LogP) is 3.40. The number of ether oxygens (including phenoxy) is 1. The normalized spacial score (nSPS) is 24.1. The van der Waals surface area contributed by atoms with Crippen molar-refractivity contribution in [2.24, 2.45) is 11.8 Å². The minimum atomic E-state index is -0.439. The van der Waals surface area contributed by atoms with Crippen LogP contribution < -0.4 is 5.32 Å². The van der Waals surface area contributed by atoms with Gasteiger partial charge in [-0.3, -0.25) is 4.79 Å². The first-order valence-corrected chi connectivity index (χ1v) is 8.42. The number of hydrogen-bond acceptors (Lipinski definition) is 3. The number of hydrogen-bond donors (Lipinski definition) is 1. The fourth-order valence-corrected chi connectivity index (χ4v) is 3.20. The first-order chi connectivity index (χ1) is 10.9. The fraction of sp³-hybridized carbons (Fsp3) is 0.579. The van der Waals surface area contributed by atoms with Crippen LogP contribution in [0.25, 0.3) is 0 Å². The summed E-state index contributed by atoms with van der Waals surface area (Å²) in [5.74, 6) is 0.426. The van der Waals surface area contributed by atoms with E-state index in [2.05, 4.69) is 19.2 Å². The number of benzene rings is 1. The van der Waals surface area contributed by atoms with Crippen molar-refractivity contribution in [3.8, 4) is 0 Å². The van der Waals surface area contributed by atoms with Crippen molar-refractivity contribution in [1.82, 2.24) is 5.32 Å². The molecule has 4 nitrogen and oxygen atoms in total. The molecule has 3 atom stereocenters. The first-order valence-electron chi connectivity index (χ1n) is 8.42. The van der Waals surface area contributed by atoms with E-state index in [1.165, 1.54) is 6.42 Å². The number of carbonyl (C=O) groups excluding carboxylic acids is 2. The van der Waals surface area contributed by atoms with Crippen molar-refractivity contribution >= 4 is 11.9 Å². The van der Waals surface area contributed by atoms with Crippen molar-refractivity contribution in [2.75, 3.05) is 6.61 Å². The lowest BCUT2D eigenvalue weighted by atomic mass is 9.78. The van der Waals surface area contributed by atoms with Gasteiger partial charge in [0.2, 0.25) is 0 Å². The molecule has 0 heterocycles. The Hall–Kier alpha value is -1.84. The van der Waals surface area contributed by atoms with Crippen LogP contribution in [0.5, 0.6) is 0 Å². The zero-order valence-corrected chi connectivity index (χ0v) is 14.5. The van der Waals surface area contributed by atoms with Gasteiger partial charge in [0.05, 0.1) is 5.56 Å². The number of aryl methyl sites for hydroxylation is 2. The molecule has 1 aromatic carbocycles. The average molecular weight is 317 g/mol. The van der Waals surface area contributed by atoms with Gasteiger partial charge in [-0.05, 0) is 43.7 Å². The summed E-state index contributed by atoms with van der Waals surface area (Å²) in [4.78, 5) is 24.2. The molecule has 1 aliphatic rings. The van der Waals surface area contributed by atoms with E-state index in [4.69, 9.17) is 4.74 Å². The van der Waals surface area contributed by atoms with E-state index in [-0.39, 0.29) is 18.6 Å². The van der Waals surface area contributed by atoms with Gasteiger partial charge in [-0.25, -0.2) is 4.79 Å². The van der Waals surface area contributed by atoms with Crippen LogP contribution in [0, 0.1) is 25.7 Å². The van der Waals surface area contributed by atoms with Crippen LogP contribution in [0.3, 0.4) is 0 Å². The molecule has 0 spiro atoms. The Morgan fingerprint density at radius 2 is 1.96 bits per heavy atom. The highest BCUT2D eigenvalue weighted by Gasteiger charge is 2.28. The van der Waals surface area contributed by atoms with Crippen LogP contribution in [0.2, 0.25) is 0 Å². The smallest absolute Gasteiger partial charge is 0.338 e. The third-order valence-corrected chi connectivity index (χ3v) is 5.00. The summed E-state index contributed by atoms with van der Waals surface area (Å²) in [6.45, 7) is 7.97. The van der Waals surface area contributed by atoms with Crippen molar-refractivity contribution in [3.05, 3.63) is 34.9 Å². The monoisotopic (exact) mass is 317 g/mol. The minimum Gasteiger partial charge on any atom is -0.452 e. The number of nitrogens with one attached hydrogen (secondary N) is 1. The van der Waals surface area contributed by atoms with E-state index >= 15 is 0 Å². The highest BCUT2D eigenvalue weighted by molar-refractivity contribution is 5.92. The van der Waals surface area contributed by atoms with Gasteiger partial charge in [0.25, 0.3) is 5.91 Å². The largest absolute Gasteiger partial charge is 0.452 e. The maximum Gasteiger partial charge on any atom is 0.338 e. The first kappa shape index (κ1) is 17.5. The number of amides is 1. The molecule has 1 fully saturated rings. The Labute approximate surface area is 138 Å². The van der Waals surface area contributed by atoms with Gasteiger partial charge in [0.1, 0.15) is 0 Å². The van der Waals surface area contributed by atoms with Crippen LogP contribution in [0.4, 0.5) is 0 Å². The molecule has 1 aromatic rings. The lowest BCUT2D eigenvalue weighted by Crippen LogP contribution is -2.45. The van der Waals surface area contributed by atoms with E-state index in [9.17, 15) is 9.59 Å². The van der Waals surface area contributed by atoms with Crippen LogP contribution in [-0.2, 0) is 9.53 Å². The molecule has 1 N–H and O–H groups in total. The van der Waals surface area contributed by atoms with Crippen LogP contribution in [0.15, 0.2) is 18.2 Å². The van der Waals surface area contributed by atoms with Gasteiger partial charge >= 0.3 is 5.97 Å². The zero-order valence-electron chi connectivity index (χ0n) is 14.5. The lowest BCUT2D eigenvalue weighted by molar-refractivity contribution is -0.125. The molecule has 1 amide bonds. The fourth-order valence-electron chi connectivity index (χ4n) is 3.20. The highest BCUT2D eigenvalue weighted by Crippen LogP contribution is 2.29. The van der Waals surface area contributed by atoms with Crippen molar-refractivity contribution in [3.63, 3.8) is 0 Å². The molecule has 23 heavy (non-hydrogen) atoms. The molecule has 0 unspecified atom stereocenters. The Balaban J connectivity index is 1.86. The van der Waals surface area contributed by atoms with Crippen molar-refractivity contribution < 1.29 is 14.3 Å². The van der Waals surface area contributed by atoms with Crippen LogP contribution >= 0.6 is 0 Å². The third-order valence-electron chi connectivity index (χ3n) is 5.00. The lowest BCUT2D eigenvalue weighted by Gasteiger charge is -2.34. The Kier molecular flexibility index (Phi) is 5.80. The minimum absolute atomic E-state index is 0.186. The molecule has 1 aliphatic carbocycles. The molecular weight excluding hydrogens is 290 g/mol. The van der Waals surface area contributed by atoms with Crippen molar-refractivity contribution in [2.45, 2.75) is 53.0 Å². The molecule has 4 heteroatoms. The summed E-state index contributed by atoms with van der Waals surface area (Å²) in [5.41, 5.74) is 2.38. The molecule has 126 valence electrons. The van der Waals surface area contributed by atoms with E-state index in [0.717, 1.165) is 24.0 Å². The second-order valence-electron chi connectivity index (χ2n) is 6.84. The second-order valence-corrected chi connectivity index (χ2v) is 6.84. The molecular formula is C19H27NO3. The number of carbonyl (C=O) groups is 2. The Morgan fingerprint density at radius 3 is 2.70 bits per heavy atom. The quantitative estimate of drug-likeness (QED) is 0.866. The van der Waals surface area contributed by atoms with Gasteiger partial charge in [0.15, 0.2) is 6.61 Å². The van der Waals surface area contributed by atoms with Gasteiger partial charge < -0.3 is 10.1 Å². The Morgan fingerprint density at radius 1 is 1.22 bits per heavy atom. The van der Waals surface area contributed by atoms with Crippen molar-refractivity contribution in [1.29, 1.82) is 0 Å². The number of esters is 1. The van der Waals surface area contributed by atoms with Gasteiger partial charge in [-0.1, -0.05) is 44.4 Å². The zero-order chi connectivity index (χ0) is 17.0. The average Bonchev–Trinajstić information content (AvgIpc) is 2.52. The molecule has 1 saturated carbocycles. The molecule has 0 bridgehead atoms. The maximum absolute atomic E-state index is 12.1. The maximum atomic E-state index is 12.1. The van der Waals surface area contributed by atoms with Gasteiger partial charge in [0, 0.05) is 6.04 Å². The van der Waals surface area contributed by atoms with Gasteiger partial charge in [-0.2, -0.15) is 0 Å². The number of rotatable bonds is 4. The summed E-state index contributed by atoms with van der Waals surface area (Å²) in [5, 5.41) is 3.02. The van der Waals surface area contributed by atoms with Crippen LogP contribution in [0.1, 0.15) is 54.6 Å². The second kappa shape index (κ2) is 7.62. The molecule has 0 aliphatic heterocycles. The highest BCUT2D eigenvalue weighted by atomic mass is 16.5. The SMILES string of the molecule is Cc1ccc(C)c(C(=O)OCC(=O)N[C@@H]2CCC[C@H](C)[C@@H]2C)c1. The predicted molar refractivity (Wildman–Crippen MR) is 90.3 cm³/mol. The standard InChI is InChI=1S/C19H27NO3/c1-12-8-9-14(3)16(10-12)19(22)23-11-18(21)20-17-7-5-6-13(2)15(17)4/h8-10,13,15,17H,5-7,11H2,1-4H3,(H,20,21)/t13-,15-,17+/m0/s1. The summed E-state index contributed by atoms with van der Waals surface area (Å²) in [7, 11) is 0. The molecule has 0 radical (unpaired) electrons. The summed E-state index contributed by atoms with van der Waals surface area (Å²) in [6.07, 6.45) is 3.36. The van der Waals surface area contributed by atoms with E-state index in [1.807, 2.05) is 26.0 Å². The van der Waals surface area contributed by atoms with Crippen LogP contribution in [-0.4, -0.2) is 24.5 Å². The van der Waals surface area contributed by atoms with E-state index in [1.54, 1.807) is 6.07 Å². The molecule has 2 rings (SSSR count). The van der Waals surface area contributed by atoms with E-state index < -0.39 is 5.97 Å². The topological polar surface area (TPSA) is 55.4 Å². The van der Waals surface area contributed by atoms with Gasteiger partial charge in [-0.15, -0.1) is 0 Å². The summed E-state index contributed by atoms with van der Waals surface area (Å²) >= 11 is 0. The molecule has 0 aromatic heterocycles. The molecule has 0 saturated heterocycles. The summed E-state index contributed by atoms with van der Waals surface area (Å²) in [6, 6.07) is 5.81. The third kappa shape index (κ3) is 4.57.